The van der Waals surface area contributed by atoms with Crippen molar-refractivity contribution < 1.29 is 18.7 Å². The summed E-state index contributed by atoms with van der Waals surface area (Å²) in [7, 11) is 1.57. The first-order chi connectivity index (χ1) is 16.1. The van der Waals surface area contributed by atoms with Gasteiger partial charge in [-0.3, -0.25) is 9.69 Å². The van der Waals surface area contributed by atoms with Gasteiger partial charge in [0.25, 0.3) is 5.91 Å². The van der Waals surface area contributed by atoms with Crippen LogP contribution in [-0.4, -0.2) is 60.5 Å². The van der Waals surface area contributed by atoms with Crippen LogP contribution in [0.2, 0.25) is 0 Å². The van der Waals surface area contributed by atoms with Gasteiger partial charge in [-0.15, -0.1) is 17.9 Å². The highest BCUT2D eigenvalue weighted by molar-refractivity contribution is 7.13. The molecular formula is C25H26FN3O3S. The second kappa shape index (κ2) is 10.6. The molecule has 1 amide bonds. The van der Waals surface area contributed by atoms with Gasteiger partial charge in [-0.05, 0) is 35.9 Å². The van der Waals surface area contributed by atoms with Gasteiger partial charge in [0.15, 0.2) is 11.5 Å². The molecule has 2 aromatic carbocycles. The molecule has 33 heavy (non-hydrogen) atoms. The summed E-state index contributed by atoms with van der Waals surface area (Å²) >= 11 is 1.42. The minimum Gasteiger partial charge on any atom is -0.493 e. The van der Waals surface area contributed by atoms with E-state index in [0.29, 0.717) is 30.3 Å². The molecule has 0 radical (unpaired) electrons. The highest BCUT2D eigenvalue weighted by atomic mass is 32.1. The van der Waals surface area contributed by atoms with Crippen molar-refractivity contribution >= 4 is 17.2 Å². The van der Waals surface area contributed by atoms with Crippen LogP contribution in [-0.2, 0) is 6.61 Å². The Morgan fingerprint density at radius 1 is 1.18 bits per heavy atom. The third-order valence-electron chi connectivity index (χ3n) is 5.46. The summed E-state index contributed by atoms with van der Waals surface area (Å²) in [6.07, 6.45) is 1.89. The van der Waals surface area contributed by atoms with Crippen molar-refractivity contribution in [3.05, 3.63) is 77.6 Å². The number of aromatic nitrogens is 1. The number of hydrogen-bond acceptors (Lipinski definition) is 6. The molecule has 172 valence electrons. The molecule has 0 aliphatic carbocycles. The van der Waals surface area contributed by atoms with Crippen LogP contribution in [0.25, 0.3) is 10.6 Å². The lowest BCUT2D eigenvalue weighted by molar-refractivity contribution is 0.0645. The molecule has 1 aliphatic rings. The second-order valence-electron chi connectivity index (χ2n) is 7.70. The Balaban J connectivity index is 1.43. The van der Waals surface area contributed by atoms with Crippen LogP contribution in [0.3, 0.4) is 0 Å². The van der Waals surface area contributed by atoms with Gasteiger partial charge in [-0.1, -0.05) is 18.2 Å². The first kappa shape index (κ1) is 22.9. The summed E-state index contributed by atoms with van der Waals surface area (Å²) in [4.78, 5) is 21.6. The fourth-order valence-electron chi connectivity index (χ4n) is 3.69. The van der Waals surface area contributed by atoms with E-state index in [4.69, 9.17) is 9.47 Å². The van der Waals surface area contributed by atoms with E-state index in [1.807, 2.05) is 23.1 Å². The first-order valence-electron chi connectivity index (χ1n) is 10.7. The summed E-state index contributed by atoms with van der Waals surface area (Å²) in [6, 6.07) is 11.8. The zero-order chi connectivity index (χ0) is 23.2. The average molecular weight is 468 g/mol. The van der Waals surface area contributed by atoms with E-state index in [1.165, 1.54) is 23.5 Å². The zero-order valence-corrected chi connectivity index (χ0v) is 19.3. The minimum absolute atomic E-state index is 0.0437. The Kier molecular flexibility index (Phi) is 7.36. The molecule has 6 nitrogen and oxygen atoms in total. The lowest BCUT2D eigenvalue weighted by Gasteiger charge is -2.33. The van der Waals surface area contributed by atoms with Crippen molar-refractivity contribution in [3.8, 4) is 22.1 Å². The van der Waals surface area contributed by atoms with Crippen LogP contribution in [0, 0.1) is 5.82 Å². The van der Waals surface area contributed by atoms with E-state index in [0.717, 1.165) is 35.8 Å². The summed E-state index contributed by atoms with van der Waals surface area (Å²) in [5, 5.41) is 2.54. The Bertz CT molecular complexity index is 1130. The number of carbonyl (C=O) groups is 1. The molecule has 0 N–H and O–H groups in total. The molecule has 8 heteroatoms. The Morgan fingerprint density at radius 3 is 2.73 bits per heavy atom. The number of hydrogen-bond donors (Lipinski definition) is 0. The molecule has 1 fully saturated rings. The molecule has 0 atom stereocenters. The molecule has 2 heterocycles. The first-order valence-corrected chi connectivity index (χ1v) is 11.6. The van der Waals surface area contributed by atoms with E-state index in [2.05, 4.69) is 16.5 Å². The topological polar surface area (TPSA) is 54.9 Å². The molecule has 1 aliphatic heterocycles. The van der Waals surface area contributed by atoms with Gasteiger partial charge in [0.1, 0.15) is 23.1 Å². The third-order valence-corrected chi connectivity index (χ3v) is 6.36. The summed E-state index contributed by atoms with van der Waals surface area (Å²) in [6.45, 7) is 7.88. The average Bonchev–Trinajstić information content (AvgIpc) is 3.33. The Morgan fingerprint density at radius 2 is 2.00 bits per heavy atom. The van der Waals surface area contributed by atoms with Crippen LogP contribution in [0.4, 0.5) is 4.39 Å². The van der Waals surface area contributed by atoms with Gasteiger partial charge in [-0.25, -0.2) is 9.37 Å². The number of carbonyl (C=O) groups excluding carboxylic acids is 1. The molecule has 4 rings (SSSR count). The highest BCUT2D eigenvalue weighted by Gasteiger charge is 2.23. The van der Waals surface area contributed by atoms with Gasteiger partial charge in [0.2, 0.25) is 0 Å². The molecule has 3 aromatic rings. The highest BCUT2D eigenvalue weighted by Crippen LogP contribution is 2.34. The van der Waals surface area contributed by atoms with E-state index in [-0.39, 0.29) is 18.3 Å². The van der Waals surface area contributed by atoms with Crippen molar-refractivity contribution in [2.75, 3.05) is 39.8 Å². The van der Waals surface area contributed by atoms with Crippen LogP contribution >= 0.6 is 11.3 Å². The van der Waals surface area contributed by atoms with Gasteiger partial charge >= 0.3 is 0 Å². The summed E-state index contributed by atoms with van der Waals surface area (Å²) in [5.74, 6) is 0.755. The number of amides is 1. The van der Waals surface area contributed by atoms with Crippen molar-refractivity contribution in [2.24, 2.45) is 0 Å². The number of benzene rings is 2. The Labute approximate surface area is 196 Å². The quantitative estimate of drug-likeness (QED) is 0.457. The second-order valence-corrected chi connectivity index (χ2v) is 8.56. The lowest BCUT2D eigenvalue weighted by atomic mass is 10.2. The maximum atomic E-state index is 13.4. The standard InChI is InChI=1S/C25H26FN3O3S/c1-3-9-28-10-12-29(13-11-28)25(30)21-17-33-24(27-21)19-7-8-22(23(15-19)31-2)32-16-18-5-4-6-20(26)14-18/h3-8,14-15,17H,1,9-13,16H2,2H3. The van der Waals surface area contributed by atoms with Gasteiger partial charge in [0.05, 0.1) is 7.11 Å². The number of methoxy groups -OCH3 is 1. The number of halogens is 1. The molecule has 1 saturated heterocycles. The smallest absolute Gasteiger partial charge is 0.273 e. The monoisotopic (exact) mass is 467 g/mol. The van der Waals surface area contributed by atoms with Crippen molar-refractivity contribution in [2.45, 2.75) is 6.61 Å². The SMILES string of the molecule is C=CCN1CCN(C(=O)c2csc(-c3ccc(OCc4cccc(F)c4)c(OC)c3)n2)CC1. The third kappa shape index (κ3) is 5.58. The van der Waals surface area contributed by atoms with Crippen molar-refractivity contribution in [3.63, 3.8) is 0 Å². The predicted octanol–water partition coefficient (Wildman–Crippen LogP) is 4.48. The van der Waals surface area contributed by atoms with Crippen molar-refractivity contribution in [1.29, 1.82) is 0 Å². The van der Waals surface area contributed by atoms with Gasteiger partial charge in [0, 0.05) is 43.7 Å². The number of thiazole rings is 1. The summed E-state index contributed by atoms with van der Waals surface area (Å²) < 4.78 is 24.7. The fourth-order valence-corrected chi connectivity index (χ4v) is 4.48. The van der Waals surface area contributed by atoms with E-state index < -0.39 is 0 Å². The Hall–Kier alpha value is -3.23. The predicted molar refractivity (Wildman–Crippen MR) is 127 cm³/mol. The molecular weight excluding hydrogens is 441 g/mol. The number of piperazine rings is 1. The molecule has 0 spiro atoms. The molecule has 1 aromatic heterocycles. The van der Waals surface area contributed by atoms with E-state index >= 15 is 0 Å². The fraction of sp³-hybridized carbons (Fsp3) is 0.280. The lowest BCUT2D eigenvalue weighted by Crippen LogP contribution is -2.48. The zero-order valence-electron chi connectivity index (χ0n) is 18.5. The molecule has 0 saturated carbocycles. The number of rotatable bonds is 8. The van der Waals surface area contributed by atoms with Crippen LogP contribution < -0.4 is 9.47 Å². The largest absolute Gasteiger partial charge is 0.493 e. The van der Waals surface area contributed by atoms with Crippen LogP contribution in [0.15, 0.2) is 60.5 Å². The van der Waals surface area contributed by atoms with Gasteiger partial charge < -0.3 is 14.4 Å². The maximum absolute atomic E-state index is 13.4. The number of nitrogens with zero attached hydrogens (tertiary/aromatic N) is 3. The van der Waals surface area contributed by atoms with E-state index in [1.54, 1.807) is 30.7 Å². The minimum atomic E-state index is -0.300. The van der Waals surface area contributed by atoms with Crippen LogP contribution in [0.5, 0.6) is 11.5 Å². The maximum Gasteiger partial charge on any atom is 0.273 e. The molecule has 0 unspecified atom stereocenters. The van der Waals surface area contributed by atoms with Crippen molar-refractivity contribution in [1.82, 2.24) is 14.8 Å². The normalized spacial score (nSPS) is 14.2. The van der Waals surface area contributed by atoms with E-state index in [9.17, 15) is 9.18 Å². The number of ether oxygens (including phenoxy) is 2. The summed E-state index contributed by atoms with van der Waals surface area (Å²) in [5.41, 5.74) is 2.02. The molecule has 0 bridgehead atoms. The van der Waals surface area contributed by atoms with Gasteiger partial charge in [-0.2, -0.15) is 0 Å². The van der Waals surface area contributed by atoms with Crippen LogP contribution in [0.1, 0.15) is 16.1 Å².